The van der Waals surface area contributed by atoms with Gasteiger partial charge >= 0.3 is 0 Å². The van der Waals surface area contributed by atoms with Crippen LogP contribution < -0.4 is 0 Å². The Morgan fingerprint density at radius 2 is 2.32 bits per heavy atom. The number of sulfonamides is 1. The molecule has 7 heteroatoms. The van der Waals surface area contributed by atoms with E-state index in [0.717, 1.165) is 12.2 Å². The second-order valence-electron chi connectivity index (χ2n) is 5.52. The molecule has 2 heterocycles. The number of rotatable bonds is 3. The van der Waals surface area contributed by atoms with Crippen LogP contribution in [-0.4, -0.2) is 49.5 Å². The minimum absolute atomic E-state index is 0.0386. The van der Waals surface area contributed by atoms with Crippen LogP contribution in [0.2, 0.25) is 0 Å². The van der Waals surface area contributed by atoms with E-state index in [1.807, 2.05) is 6.07 Å². The normalized spacial score (nSPS) is 26.1. The molecule has 22 heavy (non-hydrogen) atoms. The Kier molecular flexibility index (Phi) is 4.73. The summed E-state index contributed by atoms with van der Waals surface area (Å²) in [5.74, 6) is 0.763. The maximum atomic E-state index is 12.8. The SMILES string of the molecule is N#Cc1cccc(CS(=O)(=O)N2CCS[C@@H]3COCC[C@@H]32)c1. The molecule has 3 rings (SSSR count). The second kappa shape index (κ2) is 6.59. The lowest BCUT2D eigenvalue weighted by molar-refractivity contribution is 0.0625. The molecule has 0 aliphatic carbocycles. The number of nitriles is 1. The minimum atomic E-state index is -3.38. The van der Waals surface area contributed by atoms with E-state index in [1.165, 1.54) is 0 Å². The van der Waals surface area contributed by atoms with Crippen molar-refractivity contribution in [2.24, 2.45) is 0 Å². The van der Waals surface area contributed by atoms with Crippen LogP contribution in [0.1, 0.15) is 17.5 Å². The first-order chi connectivity index (χ1) is 10.6. The number of nitrogens with zero attached hydrogens (tertiary/aromatic N) is 2. The van der Waals surface area contributed by atoms with E-state index in [0.29, 0.717) is 30.9 Å². The highest BCUT2D eigenvalue weighted by Crippen LogP contribution is 2.32. The van der Waals surface area contributed by atoms with Gasteiger partial charge in [-0.05, 0) is 24.1 Å². The Hall–Kier alpha value is -1.07. The molecule has 0 spiro atoms. The highest BCUT2D eigenvalue weighted by molar-refractivity contribution is 8.00. The minimum Gasteiger partial charge on any atom is -0.380 e. The molecule has 2 aliphatic rings. The standard InChI is InChI=1S/C15H18N2O3S2/c16-9-12-2-1-3-13(8-12)11-22(18,19)17-5-7-21-15-10-20-6-4-14(15)17/h1-3,8,14-15H,4-7,10-11H2/t14-,15+/m0/s1. The van der Waals surface area contributed by atoms with Crippen LogP contribution in [0.5, 0.6) is 0 Å². The number of fused-ring (bicyclic) bond motifs is 1. The van der Waals surface area contributed by atoms with Gasteiger partial charge in [0.2, 0.25) is 10.0 Å². The molecular formula is C15H18N2O3S2. The molecule has 118 valence electrons. The van der Waals surface area contributed by atoms with Crippen molar-refractivity contribution < 1.29 is 13.2 Å². The zero-order valence-corrected chi connectivity index (χ0v) is 13.8. The third-order valence-electron chi connectivity index (χ3n) is 4.05. The molecule has 2 aliphatic heterocycles. The van der Waals surface area contributed by atoms with Gasteiger partial charge in [0.05, 0.1) is 24.0 Å². The first-order valence-corrected chi connectivity index (χ1v) is 9.94. The highest BCUT2D eigenvalue weighted by atomic mass is 32.2. The zero-order chi connectivity index (χ0) is 15.6. The first-order valence-electron chi connectivity index (χ1n) is 7.28. The predicted octanol–water partition coefficient (Wildman–Crippen LogP) is 1.59. The maximum absolute atomic E-state index is 12.8. The topological polar surface area (TPSA) is 70.4 Å². The smallest absolute Gasteiger partial charge is 0.218 e. The van der Waals surface area contributed by atoms with Crippen molar-refractivity contribution >= 4 is 21.8 Å². The molecule has 1 aromatic rings. The summed E-state index contributed by atoms with van der Waals surface area (Å²) in [6.45, 7) is 1.81. The van der Waals surface area contributed by atoms with E-state index in [4.69, 9.17) is 10.00 Å². The largest absolute Gasteiger partial charge is 0.380 e. The Morgan fingerprint density at radius 1 is 1.45 bits per heavy atom. The van der Waals surface area contributed by atoms with E-state index in [1.54, 1.807) is 40.3 Å². The lowest BCUT2D eigenvalue weighted by Crippen LogP contribution is -2.54. The van der Waals surface area contributed by atoms with Crippen molar-refractivity contribution in [2.45, 2.75) is 23.5 Å². The summed E-state index contributed by atoms with van der Waals surface area (Å²) < 4.78 is 32.7. The summed E-state index contributed by atoms with van der Waals surface area (Å²) in [7, 11) is -3.38. The molecule has 0 saturated carbocycles. The van der Waals surface area contributed by atoms with Crippen molar-refractivity contribution in [2.75, 3.05) is 25.5 Å². The predicted molar refractivity (Wildman–Crippen MR) is 86.0 cm³/mol. The molecule has 0 amide bonds. The van der Waals surface area contributed by atoms with Crippen molar-refractivity contribution in [1.82, 2.24) is 4.31 Å². The molecular weight excluding hydrogens is 320 g/mol. The van der Waals surface area contributed by atoms with Crippen molar-refractivity contribution in [3.05, 3.63) is 35.4 Å². The Labute approximate surface area is 135 Å². The molecule has 2 atom stereocenters. The molecule has 1 aromatic carbocycles. The van der Waals surface area contributed by atoms with Gasteiger partial charge in [-0.25, -0.2) is 8.42 Å². The summed E-state index contributed by atoms with van der Waals surface area (Å²) >= 11 is 1.81. The molecule has 5 nitrogen and oxygen atoms in total. The molecule has 0 aromatic heterocycles. The van der Waals surface area contributed by atoms with Gasteiger partial charge in [-0.2, -0.15) is 21.3 Å². The van der Waals surface area contributed by atoms with Gasteiger partial charge in [0.25, 0.3) is 0 Å². The van der Waals surface area contributed by atoms with Crippen LogP contribution in [0.3, 0.4) is 0 Å². The Balaban J connectivity index is 1.80. The Bertz CT molecular complexity index is 682. The van der Waals surface area contributed by atoms with Crippen molar-refractivity contribution in [3.8, 4) is 6.07 Å². The van der Waals surface area contributed by atoms with Gasteiger partial charge < -0.3 is 4.74 Å². The van der Waals surface area contributed by atoms with Gasteiger partial charge in [-0.15, -0.1) is 0 Å². The molecule has 0 radical (unpaired) electrons. The van der Waals surface area contributed by atoms with Crippen LogP contribution in [0, 0.1) is 11.3 Å². The van der Waals surface area contributed by atoms with Crippen molar-refractivity contribution in [1.29, 1.82) is 5.26 Å². The number of hydrogen-bond donors (Lipinski definition) is 0. The maximum Gasteiger partial charge on any atom is 0.218 e. The number of thioether (sulfide) groups is 1. The molecule has 2 saturated heterocycles. The fourth-order valence-electron chi connectivity index (χ4n) is 3.02. The number of ether oxygens (including phenoxy) is 1. The summed E-state index contributed by atoms with van der Waals surface area (Å²) in [6.07, 6.45) is 0.759. The highest BCUT2D eigenvalue weighted by Gasteiger charge is 2.40. The fraction of sp³-hybridized carbons (Fsp3) is 0.533. The lowest BCUT2D eigenvalue weighted by Gasteiger charge is -2.42. The van der Waals surface area contributed by atoms with Crippen LogP contribution >= 0.6 is 11.8 Å². The third kappa shape index (κ3) is 3.30. The van der Waals surface area contributed by atoms with Crippen molar-refractivity contribution in [3.63, 3.8) is 0 Å². The lowest BCUT2D eigenvalue weighted by atomic mass is 10.1. The van der Waals surface area contributed by atoms with Crippen LogP contribution in [0.25, 0.3) is 0 Å². The third-order valence-corrected chi connectivity index (χ3v) is 7.21. The molecule has 0 unspecified atom stereocenters. The summed E-state index contributed by atoms with van der Waals surface area (Å²) in [4.78, 5) is 0. The van der Waals surface area contributed by atoms with Gasteiger partial charge in [0.15, 0.2) is 0 Å². The van der Waals surface area contributed by atoms with Crippen LogP contribution in [-0.2, 0) is 20.5 Å². The molecule has 0 bridgehead atoms. The quantitative estimate of drug-likeness (QED) is 0.837. The summed E-state index contributed by atoms with van der Waals surface area (Å²) in [6, 6.07) is 8.91. The Morgan fingerprint density at radius 3 is 3.14 bits per heavy atom. The number of benzene rings is 1. The molecule has 0 N–H and O–H groups in total. The van der Waals surface area contributed by atoms with Gasteiger partial charge in [0, 0.05) is 30.2 Å². The van der Waals surface area contributed by atoms with Crippen LogP contribution in [0.15, 0.2) is 24.3 Å². The van der Waals surface area contributed by atoms with E-state index >= 15 is 0 Å². The van der Waals surface area contributed by atoms with Gasteiger partial charge in [-0.3, -0.25) is 0 Å². The van der Waals surface area contributed by atoms with E-state index < -0.39 is 10.0 Å². The monoisotopic (exact) mass is 338 g/mol. The van der Waals surface area contributed by atoms with E-state index in [2.05, 4.69) is 0 Å². The number of hydrogen-bond acceptors (Lipinski definition) is 5. The second-order valence-corrected chi connectivity index (χ2v) is 8.79. The molecule has 2 fully saturated rings. The summed E-state index contributed by atoms with van der Waals surface area (Å²) in [5, 5.41) is 9.18. The van der Waals surface area contributed by atoms with E-state index in [9.17, 15) is 8.42 Å². The average molecular weight is 338 g/mol. The van der Waals surface area contributed by atoms with Crippen LogP contribution in [0.4, 0.5) is 0 Å². The fourth-order valence-corrected chi connectivity index (χ4v) is 6.31. The first kappa shape index (κ1) is 15.8. The zero-order valence-electron chi connectivity index (χ0n) is 12.1. The van der Waals surface area contributed by atoms with Gasteiger partial charge in [0.1, 0.15) is 0 Å². The van der Waals surface area contributed by atoms with E-state index in [-0.39, 0.29) is 17.0 Å². The van der Waals surface area contributed by atoms with Gasteiger partial charge in [-0.1, -0.05) is 12.1 Å². The summed E-state index contributed by atoms with van der Waals surface area (Å²) in [5.41, 5.74) is 1.16. The average Bonchev–Trinajstić information content (AvgIpc) is 2.54.